The molecular formula is C16H25NO3. The van der Waals surface area contributed by atoms with Crippen molar-refractivity contribution in [3.63, 3.8) is 0 Å². The molecule has 1 fully saturated rings. The molecule has 0 spiro atoms. The van der Waals surface area contributed by atoms with E-state index in [0.717, 1.165) is 31.6 Å². The summed E-state index contributed by atoms with van der Waals surface area (Å²) in [6.45, 7) is 3.24. The lowest BCUT2D eigenvalue weighted by Gasteiger charge is -2.32. The number of hydrogen-bond donors (Lipinski definition) is 1. The topological polar surface area (TPSA) is 41.9 Å². The first-order valence-corrected chi connectivity index (χ1v) is 7.33. The van der Waals surface area contributed by atoms with Crippen LogP contribution < -0.4 is 0 Å². The Balaban J connectivity index is 1.63. The fourth-order valence-corrected chi connectivity index (χ4v) is 2.55. The largest absolute Gasteiger partial charge is 0.389 e. The van der Waals surface area contributed by atoms with Gasteiger partial charge in [-0.05, 0) is 25.5 Å². The second kappa shape index (κ2) is 8.37. The fraction of sp³-hybridized carbons (Fsp3) is 0.625. The Kier molecular flexibility index (Phi) is 6.47. The highest BCUT2D eigenvalue weighted by Crippen LogP contribution is 2.13. The molecule has 1 unspecified atom stereocenters. The van der Waals surface area contributed by atoms with Crippen LogP contribution >= 0.6 is 0 Å². The van der Waals surface area contributed by atoms with Gasteiger partial charge >= 0.3 is 0 Å². The van der Waals surface area contributed by atoms with Crippen molar-refractivity contribution in [1.29, 1.82) is 0 Å². The Morgan fingerprint density at radius 3 is 2.70 bits per heavy atom. The molecule has 4 nitrogen and oxygen atoms in total. The molecule has 1 aliphatic rings. The number of aliphatic hydroxyl groups excluding tert-OH is 1. The first-order valence-electron chi connectivity index (χ1n) is 7.33. The van der Waals surface area contributed by atoms with Crippen molar-refractivity contribution in [1.82, 2.24) is 4.90 Å². The molecule has 1 N–H and O–H groups in total. The summed E-state index contributed by atoms with van der Waals surface area (Å²) in [7, 11) is 2.07. The summed E-state index contributed by atoms with van der Waals surface area (Å²) in [5, 5.41) is 10.0. The molecule has 1 heterocycles. The molecule has 1 aromatic carbocycles. The molecular weight excluding hydrogens is 254 g/mol. The lowest BCUT2D eigenvalue weighted by molar-refractivity contribution is -0.00901. The third-order valence-electron chi connectivity index (χ3n) is 3.73. The first kappa shape index (κ1) is 15.4. The molecule has 0 amide bonds. The SMILES string of the molecule is CN(CC(O)COCc1ccccc1)C1CCOCC1. The van der Waals surface area contributed by atoms with E-state index in [0.29, 0.717) is 25.8 Å². The van der Waals surface area contributed by atoms with E-state index >= 15 is 0 Å². The van der Waals surface area contributed by atoms with Crippen LogP contribution in [0.2, 0.25) is 0 Å². The Morgan fingerprint density at radius 2 is 2.00 bits per heavy atom. The predicted molar refractivity (Wildman–Crippen MR) is 78.6 cm³/mol. The average Bonchev–Trinajstić information content (AvgIpc) is 2.49. The zero-order chi connectivity index (χ0) is 14.2. The molecule has 0 saturated carbocycles. The summed E-state index contributed by atoms with van der Waals surface area (Å²) in [5.41, 5.74) is 1.14. The lowest BCUT2D eigenvalue weighted by Crippen LogP contribution is -2.42. The number of hydrogen-bond acceptors (Lipinski definition) is 4. The quantitative estimate of drug-likeness (QED) is 0.824. The minimum atomic E-state index is -0.438. The van der Waals surface area contributed by atoms with Crippen LogP contribution in [0.25, 0.3) is 0 Å². The Hall–Kier alpha value is -0.940. The number of likely N-dealkylation sites (N-methyl/N-ethyl adjacent to an activating group) is 1. The van der Waals surface area contributed by atoms with E-state index in [2.05, 4.69) is 11.9 Å². The van der Waals surface area contributed by atoms with Gasteiger partial charge in [0.05, 0.1) is 19.3 Å². The van der Waals surface area contributed by atoms with Crippen molar-refractivity contribution >= 4 is 0 Å². The van der Waals surface area contributed by atoms with Gasteiger partial charge in [0, 0.05) is 25.8 Å². The van der Waals surface area contributed by atoms with Crippen LogP contribution in [0, 0.1) is 0 Å². The van der Waals surface area contributed by atoms with Gasteiger partial charge in [-0.1, -0.05) is 30.3 Å². The highest BCUT2D eigenvalue weighted by atomic mass is 16.5. The van der Waals surface area contributed by atoms with Gasteiger partial charge in [-0.3, -0.25) is 0 Å². The van der Waals surface area contributed by atoms with Gasteiger partial charge in [-0.2, -0.15) is 0 Å². The van der Waals surface area contributed by atoms with Crippen LogP contribution in [0.3, 0.4) is 0 Å². The first-order chi connectivity index (χ1) is 9.75. The summed E-state index contributed by atoms with van der Waals surface area (Å²) in [6, 6.07) is 10.6. The predicted octanol–water partition coefficient (Wildman–Crippen LogP) is 1.67. The van der Waals surface area contributed by atoms with E-state index in [1.807, 2.05) is 30.3 Å². The van der Waals surface area contributed by atoms with Gasteiger partial charge < -0.3 is 19.5 Å². The van der Waals surface area contributed by atoms with Gasteiger partial charge in [0.15, 0.2) is 0 Å². The normalized spacial score (nSPS) is 18.4. The van der Waals surface area contributed by atoms with E-state index in [4.69, 9.17) is 9.47 Å². The summed E-state index contributed by atoms with van der Waals surface area (Å²) in [6.07, 6.45) is 1.66. The van der Waals surface area contributed by atoms with Gasteiger partial charge in [-0.15, -0.1) is 0 Å². The Morgan fingerprint density at radius 1 is 1.30 bits per heavy atom. The second-order valence-corrected chi connectivity index (χ2v) is 5.44. The van der Waals surface area contributed by atoms with Gasteiger partial charge in [0.2, 0.25) is 0 Å². The monoisotopic (exact) mass is 279 g/mol. The van der Waals surface area contributed by atoms with Gasteiger partial charge in [-0.25, -0.2) is 0 Å². The zero-order valence-electron chi connectivity index (χ0n) is 12.2. The summed E-state index contributed by atoms with van der Waals surface area (Å²) < 4.78 is 10.9. The van der Waals surface area contributed by atoms with Crippen LogP contribution in [0.5, 0.6) is 0 Å². The molecule has 1 atom stereocenters. The second-order valence-electron chi connectivity index (χ2n) is 5.44. The highest BCUT2D eigenvalue weighted by molar-refractivity contribution is 5.13. The van der Waals surface area contributed by atoms with E-state index in [9.17, 15) is 5.11 Å². The van der Waals surface area contributed by atoms with Gasteiger partial charge in [0.1, 0.15) is 0 Å². The molecule has 0 aromatic heterocycles. The summed E-state index contributed by atoms with van der Waals surface area (Å²) in [5.74, 6) is 0. The lowest BCUT2D eigenvalue weighted by atomic mass is 10.1. The fourth-order valence-electron chi connectivity index (χ4n) is 2.55. The number of rotatable bonds is 7. The van der Waals surface area contributed by atoms with Crippen molar-refractivity contribution in [3.8, 4) is 0 Å². The Bertz CT molecular complexity index is 365. The van der Waals surface area contributed by atoms with E-state index in [1.54, 1.807) is 0 Å². The number of ether oxygens (including phenoxy) is 2. The van der Waals surface area contributed by atoms with E-state index < -0.39 is 6.10 Å². The molecule has 1 aromatic rings. The smallest absolute Gasteiger partial charge is 0.0900 e. The minimum Gasteiger partial charge on any atom is -0.389 e. The molecule has 1 aliphatic heterocycles. The molecule has 0 bridgehead atoms. The molecule has 0 radical (unpaired) electrons. The summed E-state index contributed by atoms with van der Waals surface area (Å²) >= 11 is 0. The zero-order valence-corrected chi connectivity index (χ0v) is 12.2. The van der Waals surface area contributed by atoms with Gasteiger partial charge in [0.25, 0.3) is 0 Å². The van der Waals surface area contributed by atoms with E-state index in [-0.39, 0.29) is 0 Å². The molecule has 1 saturated heterocycles. The number of nitrogens with zero attached hydrogens (tertiary/aromatic N) is 1. The minimum absolute atomic E-state index is 0.377. The molecule has 2 rings (SSSR count). The van der Waals surface area contributed by atoms with Crippen molar-refractivity contribution in [2.75, 3.05) is 33.4 Å². The molecule has 20 heavy (non-hydrogen) atoms. The summed E-state index contributed by atoms with van der Waals surface area (Å²) in [4.78, 5) is 2.22. The standard InChI is InChI=1S/C16H25NO3/c1-17(15-7-9-19-10-8-15)11-16(18)13-20-12-14-5-3-2-4-6-14/h2-6,15-16,18H,7-13H2,1H3. The third-order valence-corrected chi connectivity index (χ3v) is 3.73. The number of aliphatic hydroxyl groups is 1. The van der Waals surface area contributed by atoms with Crippen molar-refractivity contribution in [2.45, 2.75) is 31.6 Å². The third kappa shape index (κ3) is 5.21. The van der Waals surface area contributed by atoms with Crippen LogP contribution in [0.1, 0.15) is 18.4 Å². The maximum atomic E-state index is 10.0. The number of benzene rings is 1. The van der Waals surface area contributed by atoms with Crippen molar-refractivity contribution < 1.29 is 14.6 Å². The van der Waals surface area contributed by atoms with Crippen LogP contribution in [0.4, 0.5) is 0 Å². The van der Waals surface area contributed by atoms with Crippen molar-refractivity contribution in [3.05, 3.63) is 35.9 Å². The van der Waals surface area contributed by atoms with Crippen LogP contribution in [-0.2, 0) is 16.1 Å². The van der Waals surface area contributed by atoms with Crippen LogP contribution in [-0.4, -0.2) is 55.6 Å². The molecule has 4 heteroatoms. The Labute approximate surface area is 121 Å². The van der Waals surface area contributed by atoms with Crippen LogP contribution in [0.15, 0.2) is 30.3 Å². The molecule has 0 aliphatic carbocycles. The van der Waals surface area contributed by atoms with Crippen molar-refractivity contribution in [2.24, 2.45) is 0 Å². The maximum Gasteiger partial charge on any atom is 0.0900 e. The average molecular weight is 279 g/mol. The van der Waals surface area contributed by atoms with E-state index in [1.165, 1.54) is 0 Å². The maximum absolute atomic E-state index is 10.0. The highest BCUT2D eigenvalue weighted by Gasteiger charge is 2.20. The molecule has 112 valence electrons.